The Morgan fingerprint density at radius 3 is 2.37 bits per heavy atom. The van der Waals surface area contributed by atoms with Crippen molar-refractivity contribution in [3.05, 3.63) is 29.8 Å². The van der Waals surface area contributed by atoms with Crippen LogP contribution >= 0.6 is 0 Å². The van der Waals surface area contributed by atoms with Gasteiger partial charge in [0.1, 0.15) is 5.75 Å². The second-order valence-electron chi connectivity index (χ2n) is 6.13. The molecule has 0 amide bonds. The molecular weight excluding hydrogens is 234 g/mol. The highest BCUT2D eigenvalue weighted by Gasteiger charge is 2.20. The van der Waals surface area contributed by atoms with E-state index in [0.717, 1.165) is 12.3 Å². The third-order valence-electron chi connectivity index (χ3n) is 4.38. The topological polar surface area (TPSA) is 32.3 Å². The van der Waals surface area contributed by atoms with Crippen molar-refractivity contribution in [3.63, 3.8) is 0 Å². The molecule has 1 aromatic rings. The number of phenolic OH excluding ortho intramolecular Hbond substituents is 1. The predicted molar refractivity (Wildman–Crippen MR) is 80.4 cm³/mol. The molecule has 1 fully saturated rings. The van der Waals surface area contributed by atoms with Crippen LogP contribution in [-0.2, 0) is 6.42 Å². The molecular formula is C17H27NO. The van der Waals surface area contributed by atoms with Gasteiger partial charge in [0, 0.05) is 12.1 Å². The van der Waals surface area contributed by atoms with Crippen LogP contribution in [0.3, 0.4) is 0 Å². The molecule has 1 aliphatic rings. The molecule has 0 heterocycles. The van der Waals surface area contributed by atoms with Crippen molar-refractivity contribution in [2.24, 2.45) is 5.92 Å². The Labute approximate surface area is 117 Å². The smallest absolute Gasteiger partial charge is 0.115 e. The van der Waals surface area contributed by atoms with E-state index in [1.165, 1.54) is 37.7 Å². The van der Waals surface area contributed by atoms with Crippen LogP contribution in [0.25, 0.3) is 0 Å². The van der Waals surface area contributed by atoms with Crippen molar-refractivity contribution in [2.75, 3.05) is 0 Å². The quantitative estimate of drug-likeness (QED) is 0.843. The summed E-state index contributed by atoms with van der Waals surface area (Å²) in [6, 6.07) is 8.67. The van der Waals surface area contributed by atoms with Crippen LogP contribution in [0.15, 0.2) is 24.3 Å². The Morgan fingerprint density at radius 2 is 1.74 bits per heavy atom. The van der Waals surface area contributed by atoms with E-state index in [0.29, 0.717) is 17.8 Å². The summed E-state index contributed by atoms with van der Waals surface area (Å²) in [6.07, 6.45) is 8.04. The molecule has 0 aliphatic heterocycles. The Hall–Kier alpha value is -1.02. The summed E-state index contributed by atoms with van der Waals surface area (Å²) in [5.41, 5.74) is 1.29. The summed E-state index contributed by atoms with van der Waals surface area (Å²) in [7, 11) is 0. The molecule has 2 heteroatoms. The van der Waals surface area contributed by atoms with E-state index >= 15 is 0 Å². The summed E-state index contributed by atoms with van der Waals surface area (Å²) in [5.74, 6) is 1.20. The summed E-state index contributed by atoms with van der Waals surface area (Å²) in [4.78, 5) is 0. The van der Waals surface area contributed by atoms with Crippen LogP contribution in [-0.4, -0.2) is 17.2 Å². The van der Waals surface area contributed by atoms with E-state index in [1.54, 1.807) is 12.1 Å². The van der Waals surface area contributed by atoms with Crippen molar-refractivity contribution in [3.8, 4) is 5.75 Å². The summed E-state index contributed by atoms with van der Waals surface area (Å²) in [5, 5.41) is 13.0. The highest BCUT2D eigenvalue weighted by Crippen LogP contribution is 2.26. The van der Waals surface area contributed by atoms with Gasteiger partial charge in [0.15, 0.2) is 0 Å². The van der Waals surface area contributed by atoms with Gasteiger partial charge in [-0.2, -0.15) is 0 Å². The van der Waals surface area contributed by atoms with Gasteiger partial charge in [0.2, 0.25) is 0 Å². The predicted octanol–water partition coefficient (Wildman–Crippen LogP) is 3.88. The molecule has 0 spiro atoms. The van der Waals surface area contributed by atoms with Gasteiger partial charge in [-0.15, -0.1) is 0 Å². The van der Waals surface area contributed by atoms with Gasteiger partial charge < -0.3 is 10.4 Å². The van der Waals surface area contributed by atoms with E-state index in [1.807, 2.05) is 12.1 Å². The molecule has 1 saturated carbocycles. The Morgan fingerprint density at radius 1 is 1.11 bits per heavy atom. The van der Waals surface area contributed by atoms with Crippen molar-refractivity contribution < 1.29 is 5.11 Å². The fraction of sp³-hybridized carbons (Fsp3) is 0.647. The van der Waals surface area contributed by atoms with Crippen LogP contribution in [0, 0.1) is 5.92 Å². The second-order valence-corrected chi connectivity index (χ2v) is 6.13. The molecule has 2 N–H and O–H groups in total. The minimum atomic E-state index is 0.347. The first kappa shape index (κ1) is 14.4. The molecule has 1 aromatic carbocycles. The van der Waals surface area contributed by atoms with E-state index in [4.69, 9.17) is 0 Å². The maximum Gasteiger partial charge on any atom is 0.115 e. The second kappa shape index (κ2) is 6.95. The van der Waals surface area contributed by atoms with E-state index in [9.17, 15) is 5.11 Å². The zero-order chi connectivity index (χ0) is 13.7. The Bertz CT molecular complexity index is 367. The molecule has 2 atom stereocenters. The normalized spacial score (nSPS) is 20.1. The Balaban J connectivity index is 1.79. The Kier molecular flexibility index (Phi) is 5.26. The van der Waals surface area contributed by atoms with Crippen LogP contribution in [0.2, 0.25) is 0 Å². The maximum absolute atomic E-state index is 9.29. The molecule has 19 heavy (non-hydrogen) atoms. The molecule has 106 valence electrons. The molecule has 1 aliphatic carbocycles. The van der Waals surface area contributed by atoms with Crippen molar-refractivity contribution >= 4 is 0 Å². The number of nitrogens with one attached hydrogen (secondary N) is 1. The van der Waals surface area contributed by atoms with Gasteiger partial charge in [0.05, 0.1) is 0 Å². The van der Waals surface area contributed by atoms with Crippen molar-refractivity contribution in [1.29, 1.82) is 0 Å². The van der Waals surface area contributed by atoms with Crippen molar-refractivity contribution in [2.45, 2.75) is 64.5 Å². The molecule has 2 unspecified atom stereocenters. The van der Waals surface area contributed by atoms with E-state index in [-0.39, 0.29) is 0 Å². The van der Waals surface area contributed by atoms with Crippen LogP contribution in [0.4, 0.5) is 0 Å². The largest absolute Gasteiger partial charge is 0.508 e. The number of hydrogen-bond donors (Lipinski definition) is 2. The minimum Gasteiger partial charge on any atom is -0.508 e. The average molecular weight is 261 g/mol. The summed E-state index contributed by atoms with van der Waals surface area (Å²) < 4.78 is 0. The number of hydrogen-bond acceptors (Lipinski definition) is 2. The molecule has 0 radical (unpaired) electrons. The zero-order valence-corrected chi connectivity index (χ0v) is 12.2. The molecule has 2 nitrogen and oxygen atoms in total. The van der Waals surface area contributed by atoms with Gasteiger partial charge in [0.25, 0.3) is 0 Å². The fourth-order valence-corrected chi connectivity index (χ4v) is 3.26. The van der Waals surface area contributed by atoms with Gasteiger partial charge in [-0.25, -0.2) is 0 Å². The van der Waals surface area contributed by atoms with Crippen LogP contribution in [0.5, 0.6) is 5.75 Å². The van der Waals surface area contributed by atoms with Crippen LogP contribution < -0.4 is 5.32 Å². The lowest BCUT2D eigenvalue weighted by Gasteiger charge is -2.30. The maximum atomic E-state index is 9.29. The lowest BCUT2D eigenvalue weighted by Crippen LogP contribution is -2.41. The highest BCUT2D eigenvalue weighted by atomic mass is 16.3. The number of rotatable bonds is 5. The third-order valence-corrected chi connectivity index (χ3v) is 4.38. The molecule has 0 bridgehead atoms. The fourth-order valence-electron chi connectivity index (χ4n) is 3.26. The van der Waals surface area contributed by atoms with E-state index in [2.05, 4.69) is 19.2 Å². The monoisotopic (exact) mass is 261 g/mol. The standard InChI is InChI=1S/C17H27NO/c1-13(12-15-8-10-17(19)11-9-15)18-14(2)16-6-4-3-5-7-16/h8-11,13-14,16,18-19H,3-7,12H2,1-2H3. The number of aromatic hydroxyl groups is 1. The number of phenols is 1. The van der Waals surface area contributed by atoms with Gasteiger partial charge >= 0.3 is 0 Å². The van der Waals surface area contributed by atoms with Gasteiger partial charge in [-0.1, -0.05) is 31.4 Å². The third kappa shape index (κ3) is 4.54. The number of benzene rings is 1. The average Bonchev–Trinajstić information content (AvgIpc) is 2.42. The lowest BCUT2D eigenvalue weighted by molar-refractivity contribution is 0.267. The zero-order valence-electron chi connectivity index (χ0n) is 12.2. The lowest BCUT2D eigenvalue weighted by atomic mass is 9.84. The molecule has 0 saturated heterocycles. The first-order valence-electron chi connectivity index (χ1n) is 7.69. The van der Waals surface area contributed by atoms with Gasteiger partial charge in [-0.05, 0) is 56.7 Å². The first-order chi connectivity index (χ1) is 9.15. The van der Waals surface area contributed by atoms with Gasteiger partial charge in [-0.3, -0.25) is 0 Å². The van der Waals surface area contributed by atoms with Crippen LogP contribution in [0.1, 0.15) is 51.5 Å². The van der Waals surface area contributed by atoms with E-state index < -0.39 is 0 Å². The molecule has 2 rings (SSSR count). The first-order valence-corrected chi connectivity index (χ1v) is 7.69. The highest BCUT2D eigenvalue weighted by molar-refractivity contribution is 5.26. The molecule has 0 aromatic heterocycles. The van der Waals surface area contributed by atoms with Crippen molar-refractivity contribution in [1.82, 2.24) is 5.32 Å². The summed E-state index contributed by atoms with van der Waals surface area (Å²) in [6.45, 7) is 4.59. The minimum absolute atomic E-state index is 0.347. The SMILES string of the molecule is CC(Cc1ccc(O)cc1)NC(C)C1CCCCC1. The summed E-state index contributed by atoms with van der Waals surface area (Å²) >= 11 is 0.